The van der Waals surface area contributed by atoms with Gasteiger partial charge in [-0.05, 0) is 45.4 Å². The monoisotopic (exact) mass is 263 g/mol. The summed E-state index contributed by atoms with van der Waals surface area (Å²) in [5, 5.41) is 4.26. The second-order valence-corrected chi connectivity index (χ2v) is 6.74. The molecule has 1 aliphatic rings. The van der Waals surface area contributed by atoms with Crippen LogP contribution in [0.1, 0.15) is 43.2 Å². The molecular formula is C16H25NS. The SMILES string of the molecule is CNC1CCCCCC1Sc1cc(C)ccc1C. The average Bonchev–Trinajstić information content (AvgIpc) is 2.59. The van der Waals surface area contributed by atoms with Crippen molar-refractivity contribution in [2.24, 2.45) is 0 Å². The zero-order valence-corrected chi connectivity index (χ0v) is 12.6. The van der Waals surface area contributed by atoms with E-state index < -0.39 is 0 Å². The van der Waals surface area contributed by atoms with Gasteiger partial charge >= 0.3 is 0 Å². The first-order valence-electron chi connectivity index (χ1n) is 7.12. The zero-order chi connectivity index (χ0) is 13.0. The lowest BCUT2D eigenvalue weighted by molar-refractivity contribution is 0.510. The molecule has 1 aromatic rings. The summed E-state index contributed by atoms with van der Waals surface area (Å²) in [6, 6.07) is 7.49. The van der Waals surface area contributed by atoms with Crippen molar-refractivity contribution >= 4 is 11.8 Å². The van der Waals surface area contributed by atoms with Gasteiger partial charge in [0.05, 0.1) is 0 Å². The maximum Gasteiger partial charge on any atom is 0.0248 e. The van der Waals surface area contributed by atoms with Crippen LogP contribution in [0.4, 0.5) is 0 Å². The lowest BCUT2D eigenvalue weighted by Gasteiger charge is -2.25. The number of hydrogen-bond acceptors (Lipinski definition) is 2. The van der Waals surface area contributed by atoms with Gasteiger partial charge in [0.15, 0.2) is 0 Å². The van der Waals surface area contributed by atoms with E-state index in [2.05, 4.69) is 56.2 Å². The first-order valence-corrected chi connectivity index (χ1v) is 8.00. The van der Waals surface area contributed by atoms with Gasteiger partial charge in [-0.2, -0.15) is 0 Å². The maximum atomic E-state index is 3.53. The Balaban J connectivity index is 2.12. The summed E-state index contributed by atoms with van der Waals surface area (Å²) >= 11 is 2.09. The number of thioether (sulfide) groups is 1. The molecule has 1 saturated carbocycles. The highest BCUT2D eigenvalue weighted by atomic mass is 32.2. The Kier molecular flexibility index (Phi) is 5.13. The van der Waals surface area contributed by atoms with E-state index in [1.54, 1.807) is 0 Å². The van der Waals surface area contributed by atoms with Crippen LogP contribution in [0.5, 0.6) is 0 Å². The molecule has 0 heterocycles. The van der Waals surface area contributed by atoms with Gasteiger partial charge in [0, 0.05) is 16.2 Å². The van der Waals surface area contributed by atoms with E-state index in [1.165, 1.54) is 48.1 Å². The molecule has 1 aliphatic carbocycles. The van der Waals surface area contributed by atoms with Crippen molar-refractivity contribution in [1.29, 1.82) is 0 Å². The smallest absolute Gasteiger partial charge is 0.0248 e. The predicted octanol–water partition coefficient (Wildman–Crippen LogP) is 4.32. The summed E-state index contributed by atoms with van der Waals surface area (Å²) in [5.74, 6) is 0. The van der Waals surface area contributed by atoms with Crippen molar-refractivity contribution in [3.8, 4) is 0 Å². The summed E-state index contributed by atoms with van der Waals surface area (Å²) in [6.07, 6.45) is 6.86. The largest absolute Gasteiger partial charge is 0.316 e. The molecule has 1 nitrogen and oxygen atoms in total. The Morgan fingerprint density at radius 1 is 1.11 bits per heavy atom. The van der Waals surface area contributed by atoms with E-state index in [-0.39, 0.29) is 0 Å². The average molecular weight is 263 g/mol. The standard InChI is InChI=1S/C16H25NS/c1-12-9-10-13(2)16(11-12)18-15-8-6-4-5-7-14(15)17-3/h9-11,14-15,17H,4-8H2,1-3H3. The fraction of sp³-hybridized carbons (Fsp3) is 0.625. The fourth-order valence-electron chi connectivity index (χ4n) is 2.74. The normalized spacial score (nSPS) is 24.8. The summed E-state index contributed by atoms with van der Waals surface area (Å²) < 4.78 is 0. The minimum Gasteiger partial charge on any atom is -0.316 e. The molecule has 0 bridgehead atoms. The highest BCUT2D eigenvalue weighted by Crippen LogP contribution is 2.35. The highest BCUT2D eigenvalue weighted by molar-refractivity contribution is 8.00. The molecule has 0 saturated heterocycles. The van der Waals surface area contributed by atoms with E-state index in [0.29, 0.717) is 6.04 Å². The number of hydrogen-bond donors (Lipinski definition) is 1. The molecule has 1 aromatic carbocycles. The molecule has 0 amide bonds. The van der Waals surface area contributed by atoms with Crippen molar-refractivity contribution in [3.05, 3.63) is 29.3 Å². The van der Waals surface area contributed by atoms with E-state index in [0.717, 1.165) is 5.25 Å². The summed E-state index contributed by atoms with van der Waals surface area (Å²) in [7, 11) is 2.12. The first kappa shape index (κ1) is 14.0. The van der Waals surface area contributed by atoms with Gasteiger partial charge in [-0.25, -0.2) is 0 Å². The van der Waals surface area contributed by atoms with Crippen LogP contribution in [0, 0.1) is 13.8 Å². The molecular weight excluding hydrogens is 238 g/mol. The highest BCUT2D eigenvalue weighted by Gasteiger charge is 2.23. The van der Waals surface area contributed by atoms with Crippen molar-refractivity contribution in [2.45, 2.75) is 62.1 Å². The van der Waals surface area contributed by atoms with Crippen molar-refractivity contribution in [2.75, 3.05) is 7.05 Å². The van der Waals surface area contributed by atoms with Crippen molar-refractivity contribution < 1.29 is 0 Å². The van der Waals surface area contributed by atoms with E-state index >= 15 is 0 Å². The van der Waals surface area contributed by atoms with Crippen molar-refractivity contribution in [1.82, 2.24) is 5.32 Å². The molecule has 2 heteroatoms. The Morgan fingerprint density at radius 3 is 2.67 bits per heavy atom. The van der Waals surface area contributed by atoms with Crippen LogP contribution in [0.3, 0.4) is 0 Å². The Hall–Kier alpha value is -0.470. The second kappa shape index (κ2) is 6.63. The number of aryl methyl sites for hydroxylation is 2. The zero-order valence-electron chi connectivity index (χ0n) is 11.8. The van der Waals surface area contributed by atoms with Crippen LogP contribution in [0.2, 0.25) is 0 Å². The number of rotatable bonds is 3. The van der Waals surface area contributed by atoms with Gasteiger partial charge < -0.3 is 5.32 Å². The van der Waals surface area contributed by atoms with Gasteiger partial charge in [-0.1, -0.05) is 37.0 Å². The van der Waals surface area contributed by atoms with Crippen molar-refractivity contribution in [3.63, 3.8) is 0 Å². The minimum atomic E-state index is 0.678. The minimum absolute atomic E-state index is 0.678. The molecule has 0 radical (unpaired) electrons. The van der Waals surface area contributed by atoms with E-state index in [1.807, 2.05) is 0 Å². The third-order valence-corrected chi connectivity index (χ3v) is 5.51. The van der Waals surface area contributed by atoms with Gasteiger partial charge in [0.25, 0.3) is 0 Å². The number of nitrogens with one attached hydrogen (secondary N) is 1. The molecule has 0 aromatic heterocycles. The molecule has 0 aliphatic heterocycles. The van der Waals surface area contributed by atoms with Gasteiger partial charge in [-0.15, -0.1) is 11.8 Å². The lowest BCUT2D eigenvalue weighted by atomic mass is 10.1. The van der Waals surface area contributed by atoms with Crippen LogP contribution < -0.4 is 5.32 Å². The Bertz CT molecular complexity index is 389. The van der Waals surface area contributed by atoms with Crippen LogP contribution in [0.15, 0.2) is 23.1 Å². The molecule has 1 fully saturated rings. The maximum absolute atomic E-state index is 3.53. The molecule has 1 N–H and O–H groups in total. The van der Waals surface area contributed by atoms with Crippen LogP contribution in [-0.2, 0) is 0 Å². The Morgan fingerprint density at radius 2 is 1.89 bits per heavy atom. The van der Waals surface area contributed by atoms with Gasteiger partial charge in [0.2, 0.25) is 0 Å². The van der Waals surface area contributed by atoms with Crippen LogP contribution >= 0.6 is 11.8 Å². The number of benzene rings is 1. The van der Waals surface area contributed by atoms with Gasteiger partial charge in [0.1, 0.15) is 0 Å². The van der Waals surface area contributed by atoms with Crippen LogP contribution in [-0.4, -0.2) is 18.3 Å². The molecule has 2 atom stereocenters. The molecule has 100 valence electrons. The Labute approximate surface area is 116 Å². The lowest BCUT2D eigenvalue weighted by Crippen LogP contribution is -2.34. The second-order valence-electron chi connectivity index (χ2n) is 5.46. The third kappa shape index (κ3) is 3.52. The molecule has 18 heavy (non-hydrogen) atoms. The van der Waals surface area contributed by atoms with Gasteiger partial charge in [-0.3, -0.25) is 0 Å². The van der Waals surface area contributed by atoms with Crippen LogP contribution in [0.25, 0.3) is 0 Å². The predicted molar refractivity (Wildman–Crippen MR) is 81.5 cm³/mol. The fourth-order valence-corrected chi connectivity index (χ4v) is 4.30. The molecule has 2 rings (SSSR count). The molecule has 2 unspecified atom stereocenters. The topological polar surface area (TPSA) is 12.0 Å². The molecule has 0 spiro atoms. The quantitative estimate of drug-likeness (QED) is 0.815. The van der Waals surface area contributed by atoms with E-state index in [4.69, 9.17) is 0 Å². The summed E-state index contributed by atoms with van der Waals surface area (Å²) in [4.78, 5) is 1.47. The third-order valence-electron chi connectivity index (χ3n) is 3.95. The van der Waals surface area contributed by atoms with E-state index in [9.17, 15) is 0 Å². The summed E-state index contributed by atoms with van der Waals surface area (Å²) in [6.45, 7) is 4.42. The summed E-state index contributed by atoms with van der Waals surface area (Å²) in [5.41, 5.74) is 2.79. The first-order chi connectivity index (χ1) is 8.70.